The normalized spacial score (nSPS) is 14.2. The first-order valence-electron chi connectivity index (χ1n) is 4.78. The van der Waals surface area contributed by atoms with E-state index in [1.807, 2.05) is 7.05 Å². The Morgan fingerprint density at radius 3 is 2.23 bits per heavy atom. The summed E-state index contributed by atoms with van der Waals surface area (Å²) in [4.78, 5) is 0. The van der Waals surface area contributed by atoms with Gasteiger partial charge in [0.2, 0.25) is 0 Å². The summed E-state index contributed by atoms with van der Waals surface area (Å²) >= 11 is 0. The summed E-state index contributed by atoms with van der Waals surface area (Å²) in [7, 11) is 2.00. The first-order valence-corrected chi connectivity index (χ1v) is 4.78. The Labute approximate surface area is 79.5 Å². The van der Waals surface area contributed by atoms with Crippen LogP contribution in [0.25, 0.3) is 5.70 Å². The smallest absolute Gasteiger partial charge is 0.0403 e. The molecule has 0 atom stereocenters. The maximum atomic E-state index is 3.28. The summed E-state index contributed by atoms with van der Waals surface area (Å²) in [5, 5.41) is 3.28. The lowest BCUT2D eigenvalue weighted by molar-refractivity contribution is 1.12. The molecule has 1 aromatic carbocycles. The predicted molar refractivity (Wildman–Crippen MR) is 56.4 cm³/mol. The topological polar surface area (TPSA) is 12.0 Å². The van der Waals surface area contributed by atoms with Crippen LogP contribution in [-0.2, 0) is 0 Å². The van der Waals surface area contributed by atoms with Crippen molar-refractivity contribution in [1.29, 1.82) is 0 Å². The Morgan fingerprint density at radius 2 is 1.77 bits per heavy atom. The van der Waals surface area contributed by atoms with Crippen molar-refractivity contribution < 1.29 is 0 Å². The Bertz CT molecular complexity index is 327. The quantitative estimate of drug-likeness (QED) is 0.725. The molecule has 1 aliphatic carbocycles. The molecule has 0 spiro atoms. The minimum atomic E-state index is 1.27. The number of rotatable bonds is 2. The Hall–Kier alpha value is -1.24. The lowest BCUT2D eigenvalue weighted by atomic mass is 10.1. The highest BCUT2D eigenvalue weighted by Gasteiger charge is 2.17. The molecule has 1 saturated carbocycles. The minimum absolute atomic E-state index is 1.27. The van der Waals surface area contributed by atoms with Gasteiger partial charge in [-0.2, -0.15) is 0 Å². The van der Waals surface area contributed by atoms with Crippen LogP contribution in [0.4, 0.5) is 0 Å². The van der Waals surface area contributed by atoms with Gasteiger partial charge in [0, 0.05) is 12.7 Å². The molecule has 2 rings (SSSR count). The van der Waals surface area contributed by atoms with Crippen LogP contribution in [0.1, 0.15) is 24.0 Å². The van der Waals surface area contributed by atoms with E-state index < -0.39 is 0 Å². The molecule has 0 heterocycles. The molecule has 0 aliphatic heterocycles. The summed E-state index contributed by atoms with van der Waals surface area (Å²) in [6.07, 6.45) is 2.54. The van der Waals surface area contributed by atoms with E-state index in [1.54, 1.807) is 5.57 Å². The molecule has 1 N–H and O–H groups in total. The van der Waals surface area contributed by atoms with Gasteiger partial charge in [-0.05, 0) is 30.9 Å². The second-order valence-corrected chi connectivity index (χ2v) is 3.59. The average molecular weight is 173 g/mol. The fraction of sp³-hybridized carbons (Fsp3) is 0.333. The van der Waals surface area contributed by atoms with E-state index in [0.29, 0.717) is 0 Å². The van der Waals surface area contributed by atoms with Gasteiger partial charge >= 0.3 is 0 Å². The van der Waals surface area contributed by atoms with Gasteiger partial charge < -0.3 is 5.32 Å². The first kappa shape index (κ1) is 8.36. The molecule has 0 saturated heterocycles. The van der Waals surface area contributed by atoms with Gasteiger partial charge in [0.25, 0.3) is 0 Å². The molecule has 1 aromatic rings. The molecule has 1 nitrogen and oxygen atoms in total. The fourth-order valence-corrected chi connectivity index (χ4v) is 1.56. The SMILES string of the molecule is CNC(=C1CC1)c1ccc(C)cc1. The summed E-state index contributed by atoms with van der Waals surface area (Å²) < 4.78 is 0. The zero-order valence-electron chi connectivity index (χ0n) is 8.22. The molecule has 0 bridgehead atoms. The highest BCUT2D eigenvalue weighted by Crippen LogP contribution is 2.34. The van der Waals surface area contributed by atoms with Gasteiger partial charge in [0.05, 0.1) is 0 Å². The third-order valence-electron chi connectivity index (χ3n) is 2.44. The number of hydrogen-bond acceptors (Lipinski definition) is 1. The number of hydrogen-bond donors (Lipinski definition) is 1. The van der Waals surface area contributed by atoms with E-state index in [4.69, 9.17) is 0 Å². The van der Waals surface area contributed by atoms with Gasteiger partial charge in [-0.25, -0.2) is 0 Å². The van der Waals surface area contributed by atoms with Crippen molar-refractivity contribution in [2.45, 2.75) is 19.8 Å². The van der Waals surface area contributed by atoms with Gasteiger partial charge in [-0.3, -0.25) is 0 Å². The number of aryl methyl sites for hydroxylation is 1. The molecule has 0 radical (unpaired) electrons. The molecule has 1 fully saturated rings. The largest absolute Gasteiger partial charge is 0.388 e. The van der Waals surface area contributed by atoms with Crippen LogP contribution in [0.15, 0.2) is 29.8 Å². The van der Waals surface area contributed by atoms with Crippen molar-refractivity contribution in [3.8, 4) is 0 Å². The van der Waals surface area contributed by atoms with Crippen LogP contribution in [0.2, 0.25) is 0 Å². The monoisotopic (exact) mass is 173 g/mol. The number of allylic oxidation sites excluding steroid dienone is 1. The van der Waals surface area contributed by atoms with Crippen molar-refractivity contribution in [2.75, 3.05) is 7.05 Å². The first-order chi connectivity index (χ1) is 6.31. The van der Waals surface area contributed by atoms with Gasteiger partial charge in [0.1, 0.15) is 0 Å². The maximum absolute atomic E-state index is 3.28. The third kappa shape index (κ3) is 1.74. The predicted octanol–water partition coefficient (Wildman–Crippen LogP) is 2.72. The maximum Gasteiger partial charge on any atom is 0.0403 e. The van der Waals surface area contributed by atoms with Crippen LogP contribution in [0.3, 0.4) is 0 Å². The van der Waals surface area contributed by atoms with Crippen LogP contribution in [0, 0.1) is 6.92 Å². The zero-order chi connectivity index (χ0) is 9.26. The highest BCUT2D eigenvalue weighted by molar-refractivity contribution is 5.69. The van der Waals surface area contributed by atoms with E-state index in [1.165, 1.54) is 29.7 Å². The fourth-order valence-electron chi connectivity index (χ4n) is 1.56. The van der Waals surface area contributed by atoms with Crippen molar-refractivity contribution in [3.05, 3.63) is 41.0 Å². The second kappa shape index (κ2) is 3.25. The standard InChI is InChI=1S/C12H15N/c1-9-3-5-10(6-4-9)12(13-2)11-7-8-11/h3-6,13H,7-8H2,1-2H3. The number of benzene rings is 1. The van der Waals surface area contributed by atoms with Crippen molar-refractivity contribution in [3.63, 3.8) is 0 Å². The van der Waals surface area contributed by atoms with Crippen molar-refractivity contribution in [1.82, 2.24) is 5.32 Å². The minimum Gasteiger partial charge on any atom is -0.388 e. The highest BCUT2D eigenvalue weighted by atomic mass is 14.8. The second-order valence-electron chi connectivity index (χ2n) is 3.59. The molecule has 0 aromatic heterocycles. The van der Waals surface area contributed by atoms with Crippen LogP contribution in [0.5, 0.6) is 0 Å². The van der Waals surface area contributed by atoms with E-state index in [2.05, 4.69) is 36.5 Å². The summed E-state index contributed by atoms with van der Waals surface area (Å²) in [5.74, 6) is 0. The Morgan fingerprint density at radius 1 is 1.15 bits per heavy atom. The lowest BCUT2D eigenvalue weighted by Gasteiger charge is -2.06. The Kier molecular flexibility index (Phi) is 2.09. The van der Waals surface area contributed by atoms with Gasteiger partial charge in [-0.1, -0.05) is 29.8 Å². The molecular weight excluding hydrogens is 158 g/mol. The number of nitrogens with one attached hydrogen (secondary N) is 1. The van der Waals surface area contributed by atoms with Crippen LogP contribution >= 0.6 is 0 Å². The molecule has 0 unspecified atom stereocenters. The van der Waals surface area contributed by atoms with Crippen LogP contribution < -0.4 is 5.32 Å². The lowest BCUT2D eigenvalue weighted by Crippen LogP contribution is -2.04. The Balaban J connectivity index is 2.34. The van der Waals surface area contributed by atoms with E-state index in [-0.39, 0.29) is 0 Å². The molecule has 0 amide bonds. The average Bonchev–Trinajstić information content (AvgIpc) is 2.93. The molecule has 1 heteroatoms. The van der Waals surface area contributed by atoms with Crippen molar-refractivity contribution >= 4 is 5.70 Å². The summed E-state index contributed by atoms with van der Waals surface area (Å²) in [6, 6.07) is 8.70. The van der Waals surface area contributed by atoms with Gasteiger partial charge in [0.15, 0.2) is 0 Å². The molecule has 13 heavy (non-hydrogen) atoms. The zero-order valence-corrected chi connectivity index (χ0v) is 8.22. The van der Waals surface area contributed by atoms with E-state index in [9.17, 15) is 0 Å². The van der Waals surface area contributed by atoms with Gasteiger partial charge in [-0.15, -0.1) is 0 Å². The third-order valence-corrected chi connectivity index (χ3v) is 2.44. The molecule has 68 valence electrons. The van der Waals surface area contributed by atoms with Crippen molar-refractivity contribution in [2.24, 2.45) is 0 Å². The molecular formula is C12H15N. The van der Waals surface area contributed by atoms with Crippen LogP contribution in [-0.4, -0.2) is 7.05 Å². The van der Waals surface area contributed by atoms with E-state index >= 15 is 0 Å². The molecule has 1 aliphatic rings. The van der Waals surface area contributed by atoms with E-state index in [0.717, 1.165) is 0 Å². The summed E-state index contributed by atoms with van der Waals surface area (Å²) in [6.45, 7) is 2.12. The summed E-state index contributed by atoms with van der Waals surface area (Å²) in [5.41, 5.74) is 5.53.